The number of nitrogens with zero attached hydrogens (tertiary/aromatic N) is 1. The Bertz CT molecular complexity index is 427. The Balaban J connectivity index is 2.90. The van der Waals surface area contributed by atoms with Gasteiger partial charge < -0.3 is 0 Å². The van der Waals surface area contributed by atoms with Crippen LogP contribution in [0.3, 0.4) is 0 Å². The molecule has 62 valence electrons. The van der Waals surface area contributed by atoms with E-state index in [4.69, 9.17) is 0 Å². The first-order valence-electron chi connectivity index (χ1n) is 4.27. The van der Waals surface area contributed by atoms with Crippen LogP contribution in [0.2, 0.25) is 0 Å². The van der Waals surface area contributed by atoms with Gasteiger partial charge in [0.1, 0.15) is 0 Å². The van der Waals surface area contributed by atoms with E-state index in [2.05, 4.69) is 44.0 Å². The molecule has 1 aromatic rings. The zero-order valence-electron chi connectivity index (χ0n) is 7.76. The molecule has 2 rings (SSSR count). The van der Waals surface area contributed by atoms with Gasteiger partial charge in [0.15, 0.2) is 0 Å². The fraction of sp³-hybridized carbons (Fsp3) is 0.364. The molecule has 1 aliphatic heterocycles. The Morgan fingerprint density at radius 2 is 1.83 bits per heavy atom. The second kappa shape index (κ2) is 2.19. The Kier molecular flexibility index (Phi) is 1.38. The molecule has 0 saturated heterocycles. The van der Waals surface area contributed by atoms with Crippen LogP contribution in [0.5, 0.6) is 0 Å². The quantitative estimate of drug-likeness (QED) is 0.540. The van der Waals surface area contributed by atoms with E-state index in [1.807, 2.05) is 6.07 Å². The predicted molar refractivity (Wildman–Crippen MR) is 50.4 cm³/mol. The van der Waals surface area contributed by atoms with Crippen LogP contribution in [0.1, 0.15) is 20.8 Å². The average Bonchev–Trinajstić information content (AvgIpc) is 2.24. The van der Waals surface area contributed by atoms with Gasteiger partial charge in [-0.3, -0.25) is 4.99 Å². The largest absolute Gasteiger partial charge is 0.274 e. The van der Waals surface area contributed by atoms with E-state index >= 15 is 0 Å². The maximum Gasteiger partial charge on any atom is 0.0774 e. The summed E-state index contributed by atoms with van der Waals surface area (Å²) in [5, 5.41) is 2.45. The molecule has 0 unspecified atom stereocenters. The third kappa shape index (κ3) is 0.893. The topological polar surface area (TPSA) is 12.4 Å². The summed E-state index contributed by atoms with van der Waals surface area (Å²) in [4.78, 5) is 4.63. The number of para-hydroxylation sites is 1. The van der Waals surface area contributed by atoms with Gasteiger partial charge >= 0.3 is 0 Å². The minimum Gasteiger partial charge on any atom is -0.274 e. The van der Waals surface area contributed by atoms with Gasteiger partial charge in [-0.2, -0.15) is 0 Å². The van der Waals surface area contributed by atoms with E-state index in [1.165, 1.54) is 10.8 Å². The zero-order chi connectivity index (χ0) is 8.77. The molecule has 0 aliphatic carbocycles. The summed E-state index contributed by atoms with van der Waals surface area (Å²) in [6.45, 7) is 6.47. The van der Waals surface area contributed by atoms with Crippen molar-refractivity contribution in [1.82, 2.24) is 0 Å². The second-order valence-corrected chi connectivity index (χ2v) is 3.81. The van der Waals surface area contributed by atoms with E-state index < -0.39 is 0 Å². The molecule has 0 amide bonds. The van der Waals surface area contributed by atoms with Crippen LogP contribution in [0.25, 0.3) is 5.57 Å². The van der Waals surface area contributed by atoms with Crippen molar-refractivity contribution in [1.29, 1.82) is 0 Å². The summed E-state index contributed by atoms with van der Waals surface area (Å²) in [5.74, 6) is 0. The Morgan fingerprint density at radius 1 is 1.17 bits per heavy atom. The number of hydrogen-bond acceptors (Lipinski definition) is 1. The van der Waals surface area contributed by atoms with E-state index in [9.17, 15) is 0 Å². The maximum absolute atomic E-state index is 4.63. The first kappa shape index (κ1) is 7.53. The summed E-state index contributed by atoms with van der Waals surface area (Å²) in [6, 6.07) is 8.33. The molecule has 1 nitrogen and oxygen atoms in total. The highest BCUT2D eigenvalue weighted by atomic mass is 14.9. The second-order valence-electron chi connectivity index (χ2n) is 3.81. The number of hydrogen-bond donors (Lipinski definition) is 0. The predicted octanol–water partition coefficient (Wildman–Crippen LogP) is 1.27. The number of fused-ring (bicyclic) bond motifs is 1. The lowest BCUT2D eigenvalue weighted by molar-refractivity contribution is 0.667. The van der Waals surface area contributed by atoms with Crippen molar-refractivity contribution in [3.63, 3.8) is 0 Å². The Labute approximate surface area is 72.5 Å². The summed E-state index contributed by atoms with van der Waals surface area (Å²) >= 11 is 0. The van der Waals surface area contributed by atoms with Crippen LogP contribution in [0.4, 0.5) is 0 Å². The fourth-order valence-corrected chi connectivity index (χ4v) is 1.60. The molecule has 1 aromatic carbocycles. The van der Waals surface area contributed by atoms with Crippen LogP contribution in [0, 0.1) is 0 Å². The monoisotopic (exact) mass is 159 g/mol. The van der Waals surface area contributed by atoms with Gasteiger partial charge in [-0.05, 0) is 32.4 Å². The lowest BCUT2D eigenvalue weighted by atomic mass is 9.97. The van der Waals surface area contributed by atoms with Gasteiger partial charge in [-0.1, -0.05) is 18.2 Å². The highest BCUT2D eigenvalue weighted by Gasteiger charge is 2.22. The molecule has 0 saturated carbocycles. The molecule has 0 atom stereocenters. The van der Waals surface area contributed by atoms with E-state index in [0.29, 0.717) is 0 Å². The third-order valence-electron chi connectivity index (χ3n) is 2.63. The van der Waals surface area contributed by atoms with Crippen LogP contribution in [-0.2, 0) is 0 Å². The van der Waals surface area contributed by atoms with E-state index in [1.54, 1.807) is 0 Å². The van der Waals surface area contributed by atoms with Gasteiger partial charge in [0.05, 0.1) is 10.9 Å². The molecular weight excluding hydrogens is 146 g/mol. The SMILES string of the molecule is CC1=c2ccccc2=NC1(C)C. The van der Waals surface area contributed by atoms with Crippen LogP contribution >= 0.6 is 0 Å². The molecular formula is C11H13N. The van der Waals surface area contributed by atoms with Gasteiger partial charge in [0.25, 0.3) is 0 Å². The first-order chi connectivity index (χ1) is 5.61. The molecule has 0 fully saturated rings. The summed E-state index contributed by atoms with van der Waals surface area (Å²) in [6.07, 6.45) is 0. The van der Waals surface area contributed by atoms with Crippen molar-refractivity contribution in [2.24, 2.45) is 4.99 Å². The van der Waals surface area contributed by atoms with Gasteiger partial charge in [0.2, 0.25) is 0 Å². The smallest absolute Gasteiger partial charge is 0.0774 e. The van der Waals surface area contributed by atoms with Crippen LogP contribution in [0.15, 0.2) is 29.3 Å². The van der Waals surface area contributed by atoms with Crippen molar-refractivity contribution in [3.8, 4) is 0 Å². The van der Waals surface area contributed by atoms with Crippen molar-refractivity contribution < 1.29 is 0 Å². The molecule has 0 N–H and O–H groups in total. The lowest BCUT2D eigenvalue weighted by Crippen LogP contribution is -2.21. The molecule has 1 aliphatic rings. The van der Waals surface area contributed by atoms with Gasteiger partial charge in [0, 0.05) is 5.22 Å². The highest BCUT2D eigenvalue weighted by Crippen LogP contribution is 2.20. The fourth-order valence-electron chi connectivity index (χ4n) is 1.60. The van der Waals surface area contributed by atoms with Crippen molar-refractivity contribution >= 4 is 5.57 Å². The minimum atomic E-state index is 0.00366. The molecule has 0 radical (unpaired) electrons. The summed E-state index contributed by atoms with van der Waals surface area (Å²) in [5.41, 5.74) is 1.38. The molecule has 12 heavy (non-hydrogen) atoms. The standard InChI is InChI=1S/C11H13N/c1-8-9-6-4-5-7-10(9)12-11(8,2)3/h4-7H,1-3H3. The molecule has 1 heterocycles. The number of benzene rings is 1. The maximum atomic E-state index is 4.63. The zero-order valence-corrected chi connectivity index (χ0v) is 7.76. The number of rotatable bonds is 0. The molecule has 0 spiro atoms. The Morgan fingerprint density at radius 3 is 2.50 bits per heavy atom. The summed E-state index contributed by atoms with van der Waals surface area (Å²) < 4.78 is 0. The Hall–Kier alpha value is -1.11. The normalized spacial score (nSPS) is 18.8. The first-order valence-corrected chi connectivity index (χ1v) is 4.27. The van der Waals surface area contributed by atoms with E-state index in [-0.39, 0.29) is 5.54 Å². The average molecular weight is 159 g/mol. The van der Waals surface area contributed by atoms with Crippen molar-refractivity contribution in [2.75, 3.05) is 0 Å². The third-order valence-corrected chi connectivity index (χ3v) is 2.63. The van der Waals surface area contributed by atoms with E-state index in [0.717, 1.165) is 5.36 Å². The molecule has 0 aromatic heterocycles. The van der Waals surface area contributed by atoms with Gasteiger partial charge in [-0.25, -0.2) is 0 Å². The lowest BCUT2D eigenvalue weighted by Gasteiger charge is -2.15. The van der Waals surface area contributed by atoms with Gasteiger partial charge in [-0.15, -0.1) is 0 Å². The highest BCUT2D eigenvalue weighted by molar-refractivity contribution is 5.55. The minimum absolute atomic E-state index is 0.00366. The molecule has 0 bridgehead atoms. The van der Waals surface area contributed by atoms with Crippen molar-refractivity contribution in [2.45, 2.75) is 26.3 Å². The summed E-state index contributed by atoms with van der Waals surface area (Å²) in [7, 11) is 0. The van der Waals surface area contributed by atoms with Crippen molar-refractivity contribution in [3.05, 3.63) is 34.8 Å². The van der Waals surface area contributed by atoms with Crippen LogP contribution in [-0.4, -0.2) is 5.54 Å². The van der Waals surface area contributed by atoms with Crippen LogP contribution < -0.4 is 10.6 Å². The molecule has 1 heteroatoms.